The van der Waals surface area contributed by atoms with Gasteiger partial charge in [-0.15, -0.1) is 0 Å². The largest absolute Gasteiger partial charge is 0.324 e. The van der Waals surface area contributed by atoms with Gasteiger partial charge in [0.2, 0.25) is 5.95 Å². The molecule has 0 aliphatic carbocycles. The number of nitrogens with zero attached hydrogens (tertiary/aromatic N) is 3. The van der Waals surface area contributed by atoms with E-state index in [0.717, 1.165) is 34.2 Å². The minimum Gasteiger partial charge on any atom is -0.324 e. The summed E-state index contributed by atoms with van der Waals surface area (Å²) in [5, 5.41) is 8.45. The lowest BCUT2D eigenvalue weighted by Gasteiger charge is -2.24. The van der Waals surface area contributed by atoms with Crippen molar-refractivity contribution in [1.82, 2.24) is 14.8 Å². The van der Waals surface area contributed by atoms with Gasteiger partial charge in [-0.1, -0.05) is 54.9 Å². The first-order valence-corrected chi connectivity index (χ1v) is 8.35. The summed E-state index contributed by atoms with van der Waals surface area (Å²) in [5.41, 5.74) is 4.63. The number of aryl methyl sites for hydroxylation is 1. The molecule has 1 aliphatic heterocycles. The van der Waals surface area contributed by atoms with Gasteiger partial charge in [0.1, 0.15) is 12.4 Å². The van der Waals surface area contributed by atoms with Crippen LogP contribution in [0.25, 0.3) is 5.70 Å². The number of rotatable bonds is 3. The highest BCUT2D eigenvalue weighted by molar-refractivity contribution is 6.30. The molecule has 120 valence electrons. The fourth-order valence-corrected chi connectivity index (χ4v) is 3.05. The minimum absolute atomic E-state index is 0.0122. The summed E-state index contributed by atoms with van der Waals surface area (Å²) >= 11 is 6.02. The predicted molar refractivity (Wildman–Crippen MR) is 97.0 cm³/mol. The number of benzene rings is 2. The summed E-state index contributed by atoms with van der Waals surface area (Å²) in [4.78, 5) is 4.33. The lowest BCUT2D eigenvalue weighted by Crippen LogP contribution is -2.20. The molecule has 1 unspecified atom stereocenters. The Kier molecular flexibility index (Phi) is 3.82. The number of fused-ring (bicyclic) bond motifs is 1. The second-order valence-electron chi connectivity index (χ2n) is 5.78. The van der Waals surface area contributed by atoms with E-state index < -0.39 is 0 Å². The first-order valence-electron chi connectivity index (χ1n) is 7.97. The van der Waals surface area contributed by atoms with Crippen LogP contribution in [0, 0.1) is 0 Å². The first kappa shape index (κ1) is 15.0. The van der Waals surface area contributed by atoms with E-state index in [0.29, 0.717) is 0 Å². The average Bonchev–Trinajstić information content (AvgIpc) is 3.10. The topological polar surface area (TPSA) is 42.7 Å². The van der Waals surface area contributed by atoms with Crippen molar-refractivity contribution in [2.75, 3.05) is 5.32 Å². The van der Waals surface area contributed by atoms with Crippen molar-refractivity contribution in [3.63, 3.8) is 0 Å². The number of aromatic nitrogens is 3. The van der Waals surface area contributed by atoms with Crippen molar-refractivity contribution in [3.05, 3.63) is 82.6 Å². The van der Waals surface area contributed by atoms with Crippen LogP contribution in [-0.2, 0) is 6.42 Å². The average molecular weight is 337 g/mol. The number of halogens is 1. The summed E-state index contributed by atoms with van der Waals surface area (Å²) in [7, 11) is 0. The van der Waals surface area contributed by atoms with Crippen molar-refractivity contribution in [2.45, 2.75) is 19.4 Å². The first-order chi connectivity index (χ1) is 11.7. The quantitative estimate of drug-likeness (QED) is 0.763. The van der Waals surface area contributed by atoms with Gasteiger partial charge in [-0.25, -0.2) is 4.68 Å². The van der Waals surface area contributed by atoms with E-state index in [9.17, 15) is 0 Å². The molecule has 1 aromatic heterocycles. The van der Waals surface area contributed by atoms with Crippen LogP contribution in [0.2, 0.25) is 5.02 Å². The Balaban J connectivity index is 1.76. The predicted octanol–water partition coefficient (Wildman–Crippen LogP) is 4.55. The van der Waals surface area contributed by atoms with Gasteiger partial charge in [0, 0.05) is 10.7 Å². The molecule has 1 atom stereocenters. The van der Waals surface area contributed by atoms with Crippen LogP contribution in [0.15, 0.2) is 60.9 Å². The molecule has 0 spiro atoms. The standard InChI is InChI=1S/C19H17ClN4/c1-2-13-3-5-14(6-4-13)17-11-18(15-7-9-16(20)10-8-15)24-19(23-17)21-12-22-24/h3-12,18H,2H2,1H3,(H,21,22,23). The molecular formula is C19H17ClN4. The van der Waals surface area contributed by atoms with E-state index >= 15 is 0 Å². The molecule has 2 aromatic carbocycles. The fraction of sp³-hybridized carbons (Fsp3) is 0.158. The number of anilines is 1. The second kappa shape index (κ2) is 6.13. The van der Waals surface area contributed by atoms with Crippen molar-refractivity contribution in [3.8, 4) is 0 Å². The Hall–Kier alpha value is -2.59. The summed E-state index contributed by atoms with van der Waals surface area (Å²) in [6.07, 6.45) is 4.78. The van der Waals surface area contributed by atoms with E-state index in [4.69, 9.17) is 11.6 Å². The van der Waals surface area contributed by atoms with Gasteiger partial charge in [0.05, 0.1) is 0 Å². The molecule has 4 rings (SSSR count). The van der Waals surface area contributed by atoms with E-state index in [1.54, 1.807) is 6.33 Å². The Morgan fingerprint density at radius 3 is 2.54 bits per heavy atom. The van der Waals surface area contributed by atoms with Crippen LogP contribution in [-0.4, -0.2) is 14.8 Å². The highest BCUT2D eigenvalue weighted by atomic mass is 35.5. The van der Waals surface area contributed by atoms with Crippen LogP contribution in [0.4, 0.5) is 5.95 Å². The van der Waals surface area contributed by atoms with E-state index in [-0.39, 0.29) is 6.04 Å². The van der Waals surface area contributed by atoms with Gasteiger partial charge in [-0.3, -0.25) is 0 Å². The van der Waals surface area contributed by atoms with Crippen molar-refractivity contribution < 1.29 is 0 Å². The number of nitrogens with one attached hydrogen (secondary N) is 1. The molecule has 0 bridgehead atoms. The van der Waals surface area contributed by atoms with E-state index in [1.165, 1.54) is 5.56 Å². The van der Waals surface area contributed by atoms with Gasteiger partial charge in [-0.05, 0) is 41.3 Å². The second-order valence-corrected chi connectivity index (χ2v) is 6.22. The normalized spacial score (nSPS) is 16.2. The summed E-state index contributed by atoms with van der Waals surface area (Å²) in [5.74, 6) is 0.743. The molecule has 0 saturated heterocycles. The summed E-state index contributed by atoms with van der Waals surface area (Å²) < 4.78 is 1.88. The third-order valence-corrected chi connectivity index (χ3v) is 4.54. The van der Waals surface area contributed by atoms with Gasteiger partial charge in [0.15, 0.2) is 0 Å². The number of hydrogen-bond donors (Lipinski definition) is 1. The minimum atomic E-state index is -0.0122. The van der Waals surface area contributed by atoms with Crippen LogP contribution in [0.3, 0.4) is 0 Å². The molecule has 2 heterocycles. The van der Waals surface area contributed by atoms with Crippen LogP contribution in [0.1, 0.15) is 29.7 Å². The Bertz CT molecular complexity index is 878. The van der Waals surface area contributed by atoms with Gasteiger partial charge in [0.25, 0.3) is 0 Å². The van der Waals surface area contributed by atoms with Crippen molar-refractivity contribution in [2.24, 2.45) is 0 Å². The summed E-state index contributed by atoms with van der Waals surface area (Å²) in [6, 6.07) is 16.4. The van der Waals surface area contributed by atoms with Crippen molar-refractivity contribution in [1.29, 1.82) is 0 Å². The number of hydrogen-bond acceptors (Lipinski definition) is 3. The Labute approximate surface area is 145 Å². The van der Waals surface area contributed by atoms with Crippen LogP contribution < -0.4 is 5.32 Å². The van der Waals surface area contributed by atoms with E-state index in [1.807, 2.05) is 28.9 Å². The molecule has 4 nitrogen and oxygen atoms in total. The molecular weight excluding hydrogens is 320 g/mol. The van der Waals surface area contributed by atoms with Gasteiger partial charge in [-0.2, -0.15) is 10.1 Å². The maximum absolute atomic E-state index is 6.02. The zero-order chi connectivity index (χ0) is 16.5. The highest BCUT2D eigenvalue weighted by Gasteiger charge is 2.23. The number of allylic oxidation sites excluding steroid dienone is 1. The molecule has 0 amide bonds. The molecule has 24 heavy (non-hydrogen) atoms. The SMILES string of the molecule is CCc1ccc(C2=CC(c3ccc(Cl)cc3)n3ncnc3N2)cc1. The molecule has 0 radical (unpaired) electrons. The molecule has 1 aliphatic rings. The lowest BCUT2D eigenvalue weighted by molar-refractivity contribution is 0.612. The third-order valence-electron chi connectivity index (χ3n) is 4.29. The smallest absolute Gasteiger partial charge is 0.226 e. The molecule has 1 N–H and O–H groups in total. The third kappa shape index (κ3) is 2.69. The highest BCUT2D eigenvalue weighted by Crippen LogP contribution is 2.32. The van der Waals surface area contributed by atoms with Crippen molar-refractivity contribution >= 4 is 23.2 Å². The zero-order valence-electron chi connectivity index (χ0n) is 13.3. The maximum atomic E-state index is 6.02. The zero-order valence-corrected chi connectivity index (χ0v) is 14.0. The van der Waals surface area contributed by atoms with E-state index in [2.05, 4.69) is 52.7 Å². The molecule has 5 heteroatoms. The maximum Gasteiger partial charge on any atom is 0.226 e. The molecule has 0 saturated carbocycles. The molecule has 3 aromatic rings. The monoisotopic (exact) mass is 336 g/mol. The summed E-state index contributed by atoms with van der Waals surface area (Å²) in [6.45, 7) is 2.16. The van der Waals surface area contributed by atoms with Gasteiger partial charge >= 0.3 is 0 Å². The van der Waals surface area contributed by atoms with Gasteiger partial charge < -0.3 is 5.32 Å². The van der Waals surface area contributed by atoms with Crippen LogP contribution in [0.5, 0.6) is 0 Å². The molecule has 0 fully saturated rings. The fourth-order valence-electron chi connectivity index (χ4n) is 2.92. The lowest BCUT2D eigenvalue weighted by atomic mass is 10.0. The Morgan fingerprint density at radius 1 is 1.08 bits per heavy atom. The van der Waals surface area contributed by atoms with Crippen LogP contribution >= 0.6 is 11.6 Å². The Morgan fingerprint density at radius 2 is 1.83 bits per heavy atom.